The predicted molar refractivity (Wildman–Crippen MR) is 69.3 cm³/mol. The Bertz CT molecular complexity index is 548. The third kappa shape index (κ3) is 1.92. The van der Waals surface area contributed by atoms with Crippen molar-refractivity contribution >= 4 is 11.6 Å². The van der Waals surface area contributed by atoms with Crippen molar-refractivity contribution < 1.29 is 0 Å². The third-order valence-electron chi connectivity index (χ3n) is 3.68. The van der Waals surface area contributed by atoms with Crippen LogP contribution in [0.4, 0.5) is 5.82 Å². The van der Waals surface area contributed by atoms with Crippen LogP contribution in [0.15, 0.2) is 12.4 Å². The fraction of sp³-hybridized carbons (Fsp3) is 0.583. The summed E-state index contributed by atoms with van der Waals surface area (Å²) in [6, 6.07) is 2.44. The van der Waals surface area contributed by atoms with Crippen molar-refractivity contribution in [1.29, 1.82) is 0 Å². The molecule has 3 N–H and O–H groups in total. The maximum absolute atomic E-state index is 5.81. The first kappa shape index (κ1) is 11.4. The molecule has 1 saturated carbocycles. The molecule has 0 saturated heterocycles. The molecule has 96 valence electrons. The normalized spacial score (nSPS) is 23.7. The molecule has 2 atom stereocenters. The first-order chi connectivity index (χ1) is 8.78. The van der Waals surface area contributed by atoms with Crippen LogP contribution in [0, 0.1) is 12.8 Å². The van der Waals surface area contributed by atoms with E-state index in [1.807, 2.05) is 13.0 Å². The molecule has 0 amide bonds. The summed E-state index contributed by atoms with van der Waals surface area (Å²) < 4.78 is 1.75. The molecule has 1 aliphatic carbocycles. The summed E-state index contributed by atoms with van der Waals surface area (Å²) in [5.74, 6) is 2.15. The van der Waals surface area contributed by atoms with Gasteiger partial charge in [-0.1, -0.05) is 6.42 Å². The smallest absolute Gasteiger partial charge is 0.254 e. The lowest BCUT2D eigenvalue weighted by molar-refractivity contribution is 0.514. The summed E-state index contributed by atoms with van der Waals surface area (Å²) in [4.78, 5) is 8.46. The van der Waals surface area contributed by atoms with Gasteiger partial charge >= 0.3 is 0 Å². The predicted octanol–water partition coefficient (Wildman–Crippen LogP) is 0.972. The Labute approximate surface area is 106 Å². The molecule has 2 aromatic heterocycles. The highest BCUT2D eigenvalue weighted by molar-refractivity contribution is 5.45. The number of fused-ring (bicyclic) bond motifs is 1. The number of hydrogen-bond acceptors (Lipinski definition) is 5. The molecule has 6 nitrogen and oxygen atoms in total. The highest BCUT2D eigenvalue weighted by Crippen LogP contribution is 2.27. The van der Waals surface area contributed by atoms with Crippen LogP contribution < -0.4 is 11.1 Å². The summed E-state index contributed by atoms with van der Waals surface area (Å²) in [7, 11) is 0. The molecule has 0 bridgehead atoms. The summed E-state index contributed by atoms with van der Waals surface area (Å²) in [5, 5.41) is 7.75. The summed E-state index contributed by atoms with van der Waals surface area (Å²) >= 11 is 0. The monoisotopic (exact) mass is 246 g/mol. The van der Waals surface area contributed by atoms with Crippen molar-refractivity contribution in [3.8, 4) is 0 Å². The van der Waals surface area contributed by atoms with E-state index in [2.05, 4.69) is 20.4 Å². The molecule has 3 rings (SSSR count). The SMILES string of the molecule is Cc1cc(NC2CCCC2CN)n2ncnc2n1. The fourth-order valence-electron chi connectivity index (χ4n) is 2.73. The van der Waals surface area contributed by atoms with Gasteiger partial charge in [-0.25, -0.2) is 4.98 Å². The number of aromatic nitrogens is 4. The Morgan fingerprint density at radius 2 is 2.39 bits per heavy atom. The fourth-order valence-corrected chi connectivity index (χ4v) is 2.73. The maximum Gasteiger partial charge on any atom is 0.254 e. The van der Waals surface area contributed by atoms with Gasteiger partial charge in [0.05, 0.1) is 0 Å². The molecule has 6 heteroatoms. The van der Waals surface area contributed by atoms with Crippen LogP contribution in [-0.4, -0.2) is 32.2 Å². The summed E-state index contributed by atoms with van der Waals surface area (Å²) in [5.41, 5.74) is 6.76. The Kier molecular flexibility index (Phi) is 2.87. The molecular weight excluding hydrogens is 228 g/mol. The highest BCUT2D eigenvalue weighted by Gasteiger charge is 2.26. The van der Waals surface area contributed by atoms with Gasteiger partial charge in [0.2, 0.25) is 0 Å². The van der Waals surface area contributed by atoms with Crippen molar-refractivity contribution in [2.45, 2.75) is 32.2 Å². The molecule has 1 aliphatic rings. The second-order valence-corrected chi connectivity index (χ2v) is 4.93. The first-order valence-corrected chi connectivity index (χ1v) is 6.42. The van der Waals surface area contributed by atoms with Gasteiger partial charge in [0.1, 0.15) is 12.1 Å². The highest BCUT2D eigenvalue weighted by atomic mass is 15.4. The molecule has 2 unspecified atom stereocenters. The van der Waals surface area contributed by atoms with E-state index in [0.29, 0.717) is 17.7 Å². The lowest BCUT2D eigenvalue weighted by Gasteiger charge is -2.21. The zero-order chi connectivity index (χ0) is 12.5. The van der Waals surface area contributed by atoms with Crippen LogP contribution in [0.2, 0.25) is 0 Å². The van der Waals surface area contributed by atoms with Gasteiger partial charge in [-0.05, 0) is 32.2 Å². The topological polar surface area (TPSA) is 81.1 Å². The molecule has 18 heavy (non-hydrogen) atoms. The van der Waals surface area contributed by atoms with Gasteiger partial charge in [0.25, 0.3) is 5.78 Å². The van der Waals surface area contributed by atoms with Gasteiger partial charge in [0, 0.05) is 17.8 Å². The number of hydrogen-bond donors (Lipinski definition) is 2. The second-order valence-electron chi connectivity index (χ2n) is 4.93. The standard InChI is InChI=1S/C12H18N6/c1-8-5-11(18-12(16-8)14-7-15-18)17-10-4-2-3-9(10)6-13/h5,7,9-10,17H,2-4,6,13H2,1H3. The van der Waals surface area contributed by atoms with Crippen LogP contribution in [-0.2, 0) is 0 Å². The van der Waals surface area contributed by atoms with E-state index in [4.69, 9.17) is 5.73 Å². The van der Waals surface area contributed by atoms with E-state index in [1.54, 1.807) is 4.52 Å². The molecular formula is C12H18N6. The Morgan fingerprint density at radius 3 is 3.22 bits per heavy atom. The number of nitrogens with zero attached hydrogens (tertiary/aromatic N) is 4. The van der Waals surface area contributed by atoms with E-state index in [9.17, 15) is 0 Å². The van der Waals surface area contributed by atoms with Gasteiger partial charge in [-0.3, -0.25) is 0 Å². The van der Waals surface area contributed by atoms with Gasteiger partial charge < -0.3 is 11.1 Å². The van der Waals surface area contributed by atoms with E-state index in [0.717, 1.165) is 18.1 Å². The van der Waals surface area contributed by atoms with E-state index in [1.165, 1.54) is 25.6 Å². The lowest BCUT2D eigenvalue weighted by atomic mass is 10.0. The van der Waals surface area contributed by atoms with Crippen molar-refractivity contribution in [1.82, 2.24) is 19.6 Å². The number of aryl methyl sites for hydroxylation is 1. The Hall–Kier alpha value is -1.69. The van der Waals surface area contributed by atoms with Crippen LogP contribution >= 0.6 is 0 Å². The third-order valence-corrected chi connectivity index (χ3v) is 3.68. The molecule has 0 radical (unpaired) electrons. The summed E-state index contributed by atoms with van der Waals surface area (Å²) in [6.45, 7) is 2.71. The van der Waals surface area contributed by atoms with E-state index >= 15 is 0 Å². The van der Waals surface area contributed by atoms with Gasteiger partial charge in [-0.15, -0.1) is 0 Å². The first-order valence-electron chi connectivity index (χ1n) is 6.42. The van der Waals surface area contributed by atoms with Crippen molar-refractivity contribution in [3.05, 3.63) is 18.1 Å². The molecule has 0 aliphatic heterocycles. The number of anilines is 1. The zero-order valence-electron chi connectivity index (χ0n) is 10.5. The van der Waals surface area contributed by atoms with Crippen LogP contribution in [0.1, 0.15) is 25.0 Å². The Morgan fingerprint density at radius 1 is 1.50 bits per heavy atom. The average molecular weight is 246 g/mol. The van der Waals surface area contributed by atoms with E-state index < -0.39 is 0 Å². The van der Waals surface area contributed by atoms with Crippen molar-refractivity contribution in [3.63, 3.8) is 0 Å². The van der Waals surface area contributed by atoms with Crippen LogP contribution in [0.5, 0.6) is 0 Å². The number of rotatable bonds is 3. The minimum Gasteiger partial charge on any atom is -0.367 e. The van der Waals surface area contributed by atoms with Crippen molar-refractivity contribution in [2.24, 2.45) is 11.7 Å². The largest absolute Gasteiger partial charge is 0.367 e. The molecule has 2 heterocycles. The Balaban J connectivity index is 1.92. The lowest BCUT2D eigenvalue weighted by Crippen LogP contribution is -2.30. The maximum atomic E-state index is 5.81. The number of nitrogens with two attached hydrogens (primary N) is 1. The summed E-state index contributed by atoms with van der Waals surface area (Å²) in [6.07, 6.45) is 5.14. The average Bonchev–Trinajstić information content (AvgIpc) is 2.96. The second kappa shape index (κ2) is 4.53. The van der Waals surface area contributed by atoms with Gasteiger partial charge in [0.15, 0.2) is 0 Å². The molecule has 2 aromatic rings. The molecule has 0 aromatic carbocycles. The minimum atomic E-state index is 0.434. The molecule has 0 spiro atoms. The van der Waals surface area contributed by atoms with Gasteiger partial charge in [-0.2, -0.15) is 14.6 Å². The zero-order valence-corrected chi connectivity index (χ0v) is 10.5. The number of nitrogens with one attached hydrogen (secondary N) is 1. The van der Waals surface area contributed by atoms with Crippen LogP contribution in [0.25, 0.3) is 5.78 Å². The van der Waals surface area contributed by atoms with Crippen molar-refractivity contribution in [2.75, 3.05) is 11.9 Å². The quantitative estimate of drug-likeness (QED) is 0.843. The molecule has 1 fully saturated rings. The van der Waals surface area contributed by atoms with Crippen LogP contribution in [0.3, 0.4) is 0 Å². The van der Waals surface area contributed by atoms with E-state index in [-0.39, 0.29) is 0 Å². The minimum absolute atomic E-state index is 0.434.